The van der Waals surface area contributed by atoms with Gasteiger partial charge < -0.3 is 5.32 Å². The summed E-state index contributed by atoms with van der Waals surface area (Å²) < 4.78 is 23.5. The van der Waals surface area contributed by atoms with Crippen molar-refractivity contribution < 1.29 is 13.2 Å². The maximum absolute atomic E-state index is 12.1. The molecular formula is C16H19N3O3S2. The van der Waals surface area contributed by atoms with E-state index in [1.807, 2.05) is 20.8 Å². The molecule has 0 spiro atoms. The molecule has 2 rings (SSSR count). The van der Waals surface area contributed by atoms with Crippen molar-refractivity contribution in [2.75, 3.05) is 17.3 Å². The number of nitrogens with zero attached hydrogens (tertiary/aromatic N) is 2. The molecule has 1 aromatic carbocycles. The van der Waals surface area contributed by atoms with E-state index < -0.39 is 9.84 Å². The zero-order chi connectivity index (χ0) is 17.9. The Balaban J connectivity index is 2.08. The maximum atomic E-state index is 12.1. The van der Waals surface area contributed by atoms with Crippen molar-refractivity contribution >= 4 is 33.2 Å². The van der Waals surface area contributed by atoms with Gasteiger partial charge in [0.25, 0.3) is 0 Å². The molecule has 0 radical (unpaired) electrons. The number of amides is 1. The van der Waals surface area contributed by atoms with Crippen LogP contribution in [0.2, 0.25) is 0 Å². The van der Waals surface area contributed by atoms with Crippen LogP contribution in [0.15, 0.2) is 34.3 Å². The average Bonchev–Trinajstić information content (AvgIpc) is 2.50. The highest BCUT2D eigenvalue weighted by Gasteiger charge is 2.15. The third-order valence-corrected chi connectivity index (χ3v) is 5.51. The number of sulfone groups is 1. The predicted molar refractivity (Wildman–Crippen MR) is 95.1 cm³/mol. The van der Waals surface area contributed by atoms with Crippen LogP contribution in [0, 0.1) is 20.8 Å². The molecule has 128 valence electrons. The highest BCUT2D eigenvalue weighted by Crippen LogP contribution is 2.22. The molecule has 0 fully saturated rings. The molecule has 1 aromatic heterocycles. The molecule has 0 saturated carbocycles. The first kappa shape index (κ1) is 18.4. The fraction of sp³-hybridized carbons (Fsp3) is 0.312. The lowest BCUT2D eigenvalue weighted by Gasteiger charge is -2.10. The van der Waals surface area contributed by atoms with Gasteiger partial charge in [0.2, 0.25) is 5.91 Å². The Morgan fingerprint density at radius 1 is 1.12 bits per heavy atom. The quantitative estimate of drug-likeness (QED) is 0.647. The minimum absolute atomic E-state index is 0.0973. The zero-order valence-electron chi connectivity index (χ0n) is 14.0. The van der Waals surface area contributed by atoms with Crippen LogP contribution in [-0.4, -0.2) is 36.3 Å². The number of para-hydroxylation sites is 1. The number of rotatable bonds is 5. The summed E-state index contributed by atoms with van der Waals surface area (Å²) in [4.78, 5) is 20.9. The predicted octanol–water partition coefficient (Wildman–Crippen LogP) is 2.54. The standard InChI is InChI=1S/C16H19N3O3S2/c1-10-11(2)17-16(18-12(10)3)23-9-15(20)19-13-7-5-6-8-14(13)24(4,21)22/h5-8H,9H2,1-4H3,(H,19,20). The molecule has 0 aliphatic heterocycles. The number of carbonyl (C=O) groups is 1. The van der Waals surface area contributed by atoms with E-state index in [9.17, 15) is 13.2 Å². The normalized spacial score (nSPS) is 11.3. The van der Waals surface area contributed by atoms with Crippen molar-refractivity contribution in [3.8, 4) is 0 Å². The Morgan fingerprint density at radius 3 is 2.29 bits per heavy atom. The summed E-state index contributed by atoms with van der Waals surface area (Å²) in [5, 5.41) is 3.16. The van der Waals surface area contributed by atoms with Crippen LogP contribution in [0.25, 0.3) is 0 Å². The Morgan fingerprint density at radius 2 is 1.71 bits per heavy atom. The smallest absolute Gasteiger partial charge is 0.234 e. The minimum Gasteiger partial charge on any atom is -0.324 e. The minimum atomic E-state index is -3.41. The summed E-state index contributed by atoms with van der Waals surface area (Å²) in [5.41, 5.74) is 3.08. The van der Waals surface area contributed by atoms with Crippen LogP contribution in [0.1, 0.15) is 17.0 Å². The van der Waals surface area contributed by atoms with Crippen LogP contribution in [-0.2, 0) is 14.6 Å². The van der Waals surface area contributed by atoms with E-state index in [1.165, 1.54) is 17.8 Å². The highest BCUT2D eigenvalue weighted by atomic mass is 32.2. The van der Waals surface area contributed by atoms with Gasteiger partial charge >= 0.3 is 0 Å². The van der Waals surface area contributed by atoms with Gasteiger partial charge in [0.1, 0.15) is 0 Å². The molecule has 0 aliphatic rings. The number of anilines is 1. The number of nitrogens with one attached hydrogen (secondary N) is 1. The van der Waals surface area contributed by atoms with Crippen molar-refractivity contribution in [1.82, 2.24) is 9.97 Å². The second kappa shape index (κ2) is 7.31. The summed E-state index contributed by atoms with van der Waals surface area (Å²) in [7, 11) is -3.41. The first-order valence-corrected chi connectivity index (χ1v) is 10.1. The van der Waals surface area contributed by atoms with Gasteiger partial charge in [-0.05, 0) is 38.5 Å². The number of carbonyl (C=O) groups excluding carboxylic acids is 1. The van der Waals surface area contributed by atoms with E-state index in [4.69, 9.17) is 0 Å². The molecule has 24 heavy (non-hydrogen) atoms. The van der Waals surface area contributed by atoms with Crippen molar-refractivity contribution in [1.29, 1.82) is 0 Å². The van der Waals surface area contributed by atoms with Crippen LogP contribution in [0.4, 0.5) is 5.69 Å². The number of aromatic nitrogens is 2. The first-order chi connectivity index (χ1) is 11.2. The van der Waals surface area contributed by atoms with Crippen LogP contribution in [0.3, 0.4) is 0 Å². The number of hydrogen-bond donors (Lipinski definition) is 1. The molecule has 1 amide bonds. The Hall–Kier alpha value is -1.93. The lowest BCUT2D eigenvalue weighted by Crippen LogP contribution is -2.16. The van der Waals surface area contributed by atoms with Gasteiger partial charge in [-0.3, -0.25) is 4.79 Å². The molecule has 6 nitrogen and oxygen atoms in total. The van der Waals surface area contributed by atoms with Gasteiger partial charge in [0.05, 0.1) is 16.3 Å². The third kappa shape index (κ3) is 4.55. The van der Waals surface area contributed by atoms with E-state index in [-0.39, 0.29) is 22.2 Å². The van der Waals surface area contributed by atoms with Crippen LogP contribution in [0.5, 0.6) is 0 Å². The molecule has 8 heteroatoms. The Kier molecular flexibility index (Phi) is 5.61. The van der Waals surface area contributed by atoms with E-state index in [1.54, 1.807) is 18.2 Å². The monoisotopic (exact) mass is 365 g/mol. The summed E-state index contributed by atoms with van der Waals surface area (Å²) in [5.74, 6) is -0.212. The van der Waals surface area contributed by atoms with Gasteiger partial charge in [-0.1, -0.05) is 23.9 Å². The molecule has 1 N–H and O–H groups in total. The molecule has 0 bridgehead atoms. The first-order valence-electron chi connectivity index (χ1n) is 7.22. The number of aryl methyl sites for hydroxylation is 2. The number of benzene rings is 1. The van der Waals surface area contributed by atoms with E-state index >= 15 is 0 Å². The molecule has 2 aromatic rings. The molecule has 0 atom stereocenters. The summed E-state index contributed by atoms with van der Waals surface area (Å²) in [6.07, 6.45) is 1.11. The molecule has 0 aliphatic carbocycles. The van der Waals surface area contributed by atoms with Gasteiger partial charge in [0.15, 0.2) is 15.0 Å². The molecular weight excluding hydrogens is 346 g/mol. The third-order valence-electron chi connectivity index (χ3n) is 3.51. The van der Waals surface area contributed by atoms with Gasteiger partial charge in [-0.15, -0.1) is 0 Å². The van der Waals surface area contributed by atoms with Crippen molar-refractivity contribution in [3.63, 3.8) is 0 Å². The Labute approximate surface area is 146 Å². The highest BCUT2D eigenvalue weighted by molar-refractivity contribution is 7.99. The lowest BCUT2D eigenvalue weighted by molar-refractivity contribution is -0.113. The fourth-order valence-corrected chi connectivity index (χ4v) is 3.60. The van der Waals surface area contributed by atoms with Crippen molar-refractivity contribution in [2.24, 2.45) is 0 Å². The second-order valence-electron chi connectivity index (χ2n) is 5.41. The summed E-state index contributed by atoms with van der Waals surface area (Å²) in [6.45, 7) is 5.75. The molecule has 1 heterocycles. The van der Waals surface area contributed by atoms with Gasteiger partial charge in [-0.25, -0.2) is 18.4 Å². The van der Waals surface area contributed by atoms with E-state index in [0.717, 1.165) is 23.2 Å². The van der Waals surface area contributed by atoms with Gasteiger partial charge in [0, 0.05) is 17.6 Å². The molecule has 0 unspecified atom stereocenters. The SMILES string of the molecule is Cc1nc(SCC(=O)Nc2ccccc2S(C)(=O)=O)nc(C)c1C. The average molecular weight is 365 g/mol. The van der Waals surface area contributed by atoms with Crippen molar-refractivity contribution in [2.45, 2.75) is 30.8 Å². The largest absolute Gasteiger partial charge is 0.324 e. The van der Waals surface area contributed by atoms with Gasteiger partial charge in [-0.2, -0.15) is 0 Å². The molecule has 0 saturated heterocycles. The van der Waals surface area contributed by atoms with Crippen molar-refractivity contribution in [3.05, 3.63) is 41.2 Å². The van der Waals surface area contributed by atoms with E-state index in [2.05, 4.69) is 15.3 Å². The fourth-order valence-electron chi connectivity index (χ4n) is 2.02. The second-order valence-corrected chi connectivity index (χ2v) is 8.33. The topological polar surface area (TPSA) is 89.0 Å². The Bertz CT molecular complexity index is 857. The maximum Gasteiger partial charge on any atom is 0.234 e. The lowest BCUT2D eigenvalue weighted by atomic mass is 10.2. The zero-order valence-corrected chi connectivity index (χ0v) is 15.6. The summed E-state index contributed by atoms with van der Waals surface area (Å²) in [6, 6.07) is 6.32. The summed E-state index contributed by atoms with van der Waals surface area (Å²) >= 11 is 1.21. The number of hydrogen-bond acceptors (Lipinski definition) is 6. The number of thioether (sulfide) groups is 1. The van der Waals surface area contributed by atoms with E-state index in [0.29, 0.717) is 5.16 Å². The van der Waals surface area contributed by atoms with Crippen LogP contribution < -0.4 is 5.32 Å². The van der Waals surface area contributed by atoms with Crippen LogP contribution >= 0.6 is 11.8 Å².